The largest absolute Gasteiger partial charge is 0.496 e. The predicted octanol–water partition coefficient (Wildman–Crippen LogP) is 4.60. The number of ether oxygens (including phenoxy) is 1. The van der Waals surface area contributed by atoms with Crippen LogP contribution >= 0.6 is 11.6 Å². The van der Waals surface area contributed by atoms with Crippen LogP contribution in [-0.4, -0.2) is 12.2 Å². The molecule has 0 radical (unpaired) electrons. The van der Waals surface area contributed by atoms with E-state index in [1.54, 1.807) is 13.2 Å². The van der Waals surface area contributed by atoms with E-state index >= 15 is 0 Å². The highest BCUT2D eigenvalue weighted by atomic mass is 35.5. The summed E-state index contributed by atoms with van der Waals surface area (Å²) < 4.78 is 5.36. The standard InChI is InChI=1S/C16H23ClO2/c1-3-11-6-4-5-7-13(11)16(18)14-9-8-12(17)10-15(14)19-2/h8-11,13,16,18H,3-7H2,1-2H3. The molecule has 106 valence electrons. The first-order valence-corrected chi connectivity index (χ1v) is 7.56. The van der Waals surface area contributed by atoms with Crippen LogP contribution < -0.4 is 4.74 Å². The number of halogens is 1. The first kappa shape index (κ1) is 14.7. The molecule has 1 aliphatic rings. The summed E-state index contributed by atoms with van der Waals surface area (Å²) in [5.41, 5.74) is 0.872. The van der Waals surface area contributed by atoms with Crippen molar-refractivity contribution in [1.82, 2.24) is 0 Å². The fourth-order valence-corrected chi connectivity index (χ4v) is 3.48. The highest BCUT2D eigenvalue weighted by molar-refractivity contribution is 6.30. The summed E-state index contributed by atoms with van der Waals surface area (Å²) in [5, 5.41) is 11.4. The molecule has 3 unspecified atom stereocenters. The lowest BCUT2D eigenvalue weighted by Gasteiger charge is -2.35. The van der Waals surface area contributed by atoms with E-state index in [1.807, 2.05) is 12.1 Å². The molecule has 1 fully saturated rings. The Morgan fingerprint density at radius 3 is 2.79 bits per heavy atom. The Balaban J connectivity index is 2.24. The Morgan fingerprint density at radius 2 is 2.11 bits per heavy atom. The molecule has 19 heavy (non-hydrogen) atoms. The zero-order chi connectivity index (χ0) is 13.8. The average molecular weight is 283 g/mol. The van der Waals surface area contributed by atoms with Gasteiger partial charge in [0.15, 0.2) is 0 Å². The predicted molar refractivity (Wildman–Crippen MR) is 78.7 cm³/mol. The molecule has 0 aromatic heterocycles. The second-order valence-electron chi connectivity index (χ2n) is 5.45. The van der Waals surface area contributed by atoms with E-state index in [0.717, 1.165) is 18.4 Å². The first-order valence-electron chi connectivity index (χ1n) is 7.18. The Bertz CT molecular complexity index is 419. The molecule has 0 aliphatic heterocycles. The van der Waals surface area contributed by atoms with Crippen LogP contribution in [0.25, 0.3) is 0 Å². The lowest BCUT2D eigenvalue weighted by molar-refractivity contribution is 0.0435. The molecule has 0 saturated heterocycles. The van der Waals surface area contributed by atoms with Gasteiger partial charge in [0.25, 0.3) is 0 Å². The third-order valence-corrected chi connectivity index (χ3v) is 4.65. The second kappa shape index (κ2) is 6.62. The van der Waals surface area contributed by atoms with Crippen molar-refractivity contribution in [3.05, 3.63) is 28.8 Å². The monoisotopic (exact) mass is 282 g/mol. The van der Waals surface area contributed by atoms with Crippen LogP contribution in [0.3, 0.4) is 0 Å². The van der Waals surface area contributed by atoms with Gasteiger partial charge in [-0.25, -0.2) is 0 Å². The van der Waals surface area contributed by atoms with Gasteiger partial charge in [0.1, 0.15) is 5.75 Å². The highest BCUT2D eigenvalue weighted by Gasteiger charge is 2.31. The molecular formula is C16H23ClO2. The number of aliphatic hydroxyl groups is 1. The van der Waals surface area contributed by atoms with E-state index < -0.39 is 6.10 Å². The molecule has 3 heteroatoms. The third-order valence-electron chi connectivity index (χ3n) is 4.41. The van der Waals surface area contributed by atoms with Crippen LogP contribution in [0.5, 0.6) is 5.75 Å². The van der Waals surface area contributed by atoms with E-state index in [1.165, 1.54) is 19.3 Å². The van der Waals surface area contributed by atoms with Gasteiger partial charge in [0.05, 0.1) is 13.2 Å². The summed E-state index contributed by atoms with van der Waals surface area (Å²) in [7, 11) is 1.63. The van der Waals surface area contributed by atoms with Crippen LogP contribution in [-0.2, 0) is 0 Å². The van der Waals surface area contributed by atoms with Gasteiger partial charge in [0.2, 0.25) is 0 Å². The van der Waals surface area contributed by atoms with Gasteiger partial charge in [-0.3, -0.25) is 0 Å². The number of benzene rings is 1. The fraction of sp³-hybridized carbons (Fsp3) is 0.625. The first-order chi connectivity index (χ1) is 9.17. The number of aliphatic hydroxyl groups excluding tert-OH is 1. The van der Waals surface area contributed by atoms with Gasteiger partial charge in [0, 0.05) is 10.6 Å². The van der Waals surface area contributed by atoms with Crippen molar-refractivity contribution in [2.24, 2.45) is 11.8 Å². The number of hydrogen-bond donors (Lipinski definition) is 1. The number of methoxy groups -OCH3 is 1. The van der Waals surface area contributed by atoms with Crippen molar-refractivity contribution in [1.29, 1.82) is 0 Å². The molecular weight excluding hydrogens is 260 g/mol. The number of rotatable bonds is 4. The molecule has 1 aromatic carbocycles. The van der Waals surface area contributed by atoms with Gasteiger partial charge in [-0.05, 0) is 30.4 Å². The maximum absolute atomic E-state index is 10.7. The van der Waals surface area contributed by atoms with Gasteiger partial charge in [-0.1, -0.05) is 50.3 Å². The second-order valence-corrected chi connectivity index (χ2v) is 5.88. The maximum atomic E-state index is 10.7. The van der Waals surface area contributed by atoms with Gasteiger partial charge in [-0.15, -0.1) is 0 Å². The quantitative estimate of drug-likeness (QED) is 0.875. The van der Waals surface area contributed by atoms with Gasteiger partial charge < -0.3 is 9.84 Å². The summed E-state index contributed by atoms with van der Waals surface area (Å²) in [6.07, 6.45) is 5.53. The Hall–Kier alpha value is -0.730. The minimum atomic E-state index is -0.447. The summed E-state index contributed by atoms with van der Waals surface area (Å²) >= 11 is 5.98. The van der Waals surface area contributed by atoms with Crippen molar-refractivity contribution in [3.8, 4) is 5.75 Å². The normalized spacial score (nSPS) is 25.1. The molecule has 3 atom stereocenters. The van der Waals surface area contributed by atoms with E-state index in [0.29, 0.717) is 22.6 Å². The smallest absolute Gasteiger partial charge is 0.126 e. The Labute approximate surface area is 120 Å². The van der Waals surface area contributed by atoms with Crippen molar-refractivity contribution < 1.29 is 9.84 Å². The zero-order valence-electron chi connectivity index (χ0n) is 11.7. The molecule has 2 rings (SSSR count). The topological polar surface area (TPSA) is 29.5 Å². The molecule has 0 heterocycles. The van der Waals surface area contributed by atoms with Crippen LogP contribution in [0.4, 0.5) is 0 Å². The molecule has 1 N–H and O–H groups in total. The van der Waals surface area contributed by atoms with Crippen LogP contribution in [0.1, 0.15) is 50.7 Å². The molecule has 1 aliphatic carbocycles. The molecule has 1 aromatic rings. The molecule has 0 bridgehead atoms. The minimum Gasteiger partial charge on any atom is -0.496 e. The maximum Gasteiger partial charge on any atom is 0.126 e. The SMILES string of the molecule is CCC1CCCCC1C(O)c1ccc(Cl)cc1OC. The summed E-state index contributed by atoms with van der Waals surface area (Å²) in [6.45, 7) is 2.22. The van der Waals surface area contributed by atoms with Crippen molar-refractivity contribution in [3.63, 3.8) is 0 Å². The van der Waals surface area contributed by atoms with E-state index in [2.05, 4.69) is 6.92 Å². The fourth-order valence-electron chi connectivity index (χ4n) is 3.32. The highest BCUT2D eigenvalue weighted by Crippen LogP contribution is 2.42. The third kappa shape index (κ3) is 3.24. The van der Waals surface area contributed by atoms with Crippen molar-refractivity contribution >= 4 is 11.6 Å². The minimum absolute atomic E-state index is 0.342. The van der Waals surface area contributed by atoms with Gasteiger partial charge in [-0.2, -0.15) is 0 Å². The Morgan fingerprint density at radius 1 is 1.37 bits per heavy atom. The van der Waals surface area contributed by atoms with E-state index in [9.17, 15) is 5.11 Å². The lowest BCUT2D eigenvalue weighted by atomic mass is 9.73. The van der Waals surface area contributed by atoms with Crippen LogP contribution in [0.2, 0.25) is 5.02 Å². The average Bonchev–Trinajstić information content (AvgIpc) is 2.46. The van der Waals surface area contributed by atoms with Crippen LogP contribution in [0.15, 0.2) is 18.2 Å². The summed E-state index contributed by atoms with van der Waals surface area (Å²) in [4.78, 5) is 0. The molecule has 0 amide bonds. The number of hydrogen-bond acceptors (Lipinski definition) is 2. The van der Waals surface area contributed by atoms with E-state index in [4.69, 9.17) is 16.3 Å². The summed E-state index contributed by atoms with van der Waals surface area (Å²) in [6, 6.07) is 5.50. The summed E-state index contributed by atoms with van der Waals surface area (Å²) in [5.74, 6) is 1.65. The van der Waals surface area contributed by atoms with E-state index in [-0.39, 0.29) is 0 Å². The Kier molecular flexibility index (Phi) is 5.12. The zero-order valence-corrected chi connectivity index (χ0v) is 12.5. The molecule has 2 nitrogen and oxygen atoms in total. The van der Waals surface area contributed by atoms with Crippen molar-refractivity contribution in [2.45, 2.75) is 45.1 Å². The lowest BCUT2D eigenvalue weighted by Crippen LogP contribution is -2.25. The molecule has 0 spiro atoms. The van der Waals surface area contributed by atoms with Crippen molar-refractivity contribution in [2.75, 3.05) is 7.11 Å². The molecule has 1 saturated carbocycles. The van der Waals surface area contributed by atoms with Gasteiger partial charge >= 0.3 is 0 Å². The van der Waals surface area contributed by atoms with Crippen LogP contribution in [0, 0.1) is 11.8 Å².